The van der Waals surface area contributed by atoms with E-state index in [-0.39, 0.29) is 41.5 Å². The van der Waals surface area contributed by atoms with Gasteiger partial charge in [0.25, 0.3) is 5.69 Å². The summed E-state index contributed by atoms with van der Waals surface area (Å²) >= 11 is 0. The molecular weight excluding hydrogens is 482 g/mol. The molecule has 2 aromatic carbocycles. The van der Waals surface area contributed by atoms with E-state index in [1.807, 2.05) is 0 Å². The minimum absolute atomic E-state index is 0.0276. The maximum absolute atomic E-state index is 13.2. The molecule has 0 saturated carbocycles. The second kappa shape index (κ2) is 11.8. The van der Waals surface area contributed by atoms with Crippen LogP contribution < -0.4 is 15.4 Å². The highest BCUT2D eigenvalue weighted by molar-refractivity contribution is 6.00. The SMILES string of the molecule is COC(=O)C1=C(C)NC(C)=C(C(=O)OCCOc2ccc(NC(C)=O)cc2)C1c1ccccc1[N+](=O)[O-]. The Hall–Kier alpha value is -4.67. The molecule has 0 radical (unpaired) electrons. The van der Waals surface area contributed by atoms with Gasteiger partial charge in [0.1, 0.15) is 19.0 Å². The number of para-hydroxylation sites is 1. The van der Waals surface area contributed by atoms with Crippen LogP contribution in [0.25, 0.3) is 0 Å². The Balaban J connectivity index is 1.81. The lowest BCUT2D eigenvalue weighted by molar-refractivity contribution is -0.385. The lowest BCUT2D eigenvalue weighted by atomic mass is 9.79. The molecule has 1 aliphatic heterocycles. The van der Waals surface area contributed by atoms with Gasteiger partial charge in [0.05, 0.1) is 29.1 Å². The molecule has 0 aromatic heterocycles. The number of hydrogen-bond acceptors (Lipinski definition) is 9. The third-order valence-electron chi connectivity index (χ3n) is 5.59. The molecule has 11 heteroatoms. The van der Waals surface area contributed by atoms with Gasteiger partial charge in [0.2, 0.25) is 5.91 Å². The number of nitrogens with zero attached hydrogens (tertiary/aromatic N) is 1. The van der Waals surface area contributed by atoms with Crippen molar-refractivity contribution >= 4 is 29.2 Å². The van der Waals surface area contributed by atoms with Crippen LogP contribution in [0.5, 0.6) is 5.75 Å². The summed E-state index contributed by atoms with van der Waals surface area (Å²) in [6, 6.07) is 12.6. The zero-order valence-electron chi connectivity index (χ0n) is 20.8. The largest absolute Gasteiger partial charge is 0.490 e. The Bertz CT molecular complexity index is 1280. The van der Waals surface area contributed by atoms with Crippen molar-refractivity contribution in [1.82, 2.24) is 5.32 Å². The van der Waals surface area contributed by atoms with Crippen molar-refractivity contribution in [3.63, 3.8) is 0 Å². The molecule has 2 N–H and O–H groups in total. The van der Waals surface area contributed by atoms with E-state index in [2.05, 4.69) is 10.6 Å². The highest BCUT2D eigenvalue weighted by atomic mass is 16.6. The number of allylic oxidation sites excluding steroid dienone is 2. The Morgan fingerprint density at radius 2 is 1.59 bits per heavy atom. The predicted molar refractivity (Wildman–Crippen MR) is 134 cm³/mol. The van der Waals surface area contributed by atoms with E-state index in [0.717, 1.165) is 0 Å². The molecule has 1 unspecified atom stereocenters. The van der Waals surface area contributed by atoms with Crippen molar-refractivity contribution in [2.45, 2.75) is 26.7 Å². The predicted octanol–water partition coefficient (Wildman–Crippen LogP) is 3.58. The highest BCUT2D eigenvalue weighted by Gasteiger charge is 2.40. The van der Waals surface area contributed by atoms with Crippen molar-refractivity contribution in [2.75, 3.05) is 25.6 Å². The quantitative estimate of drug-likeness (QED) is 0.224. The first-order valence-corrected chi connectivity index (χ1v) is 11.3. The number of methoxy groups -OCH3 is 1. The molecule has 194 valence electrons. The van der Waals surface area contributed by atoms with Gasteiger partial charge < -0.3 is 24.8 Å². The van der Waals surface area contributed by atoms with Gasteiger partial charge in [-0.25, -0.2) is 9.59 Å². The number of anilines is 1. The third-order valence-corrected chi connectivity index (χ3v) is 5.59. The number of amides is 1. The number of carbonyl (C=O) groups is 3. The second-order valence-electron chi connectivity index (χ2n) is 8.13. The molecule has 0 bridgehead atoms. The molecule has 1 atom stereocenters. The molecule has 2 aromatic rings. The Kier molecular flexibility index (Phi) is 8.62. The fourth-order valence-corrected chi connectivity index (χ4v) is 4.06. The standard InChI is InChI=1S/C26H27N3O8/c1-15-22(25(31)35-4)24(20-7-5-6-8-21(20)29(33)34)23(16(2)27-15)26(32)37-14-13-36-19-11-9-18(10-12-19)28-17(3)30/h5-12,24,27H,13-14H2,1-4H3,(H,28,30). The molecule has 0 saturated heterocycles. The lowest BCUT2D eigenvalue weighted by Crippen LogP contribution is -2.33. The summed E-state index contributed by atoms with van der Waals surface area (Å²) in [7, 11) is 1.20. The van der Waals surface area contributed by atoms with E-state index in [1.54, 1.807) is 44.2 Å². The monoisotopic (exact) mass is 509 g/mol. The number of nitrogens with one attached hydrogen (secondary N) is 2. The maximum Gasteiger partial charge on any atom is 0.336 e. The zero-order chi connectivity index (χ0) is 27.1. The van der Waals surface area contributed by atoms with E-state index in [1.165, 1.54) is 32.2 Å². The first kappa shape index (κ1) is 26.9. The molecule has 11 nitrogen and oxygen atoms in total. The molecule has 1 amide bonds. The fraction of sp³-hybridized carbons (Fsp3) is 0.269. The van der Waals surface area contributed by atoms with E-state index in [0.29, 0.717) is 22.8 Å². The van der Waals surface area contributed by atoms with Gasteiger partial charge in [-0.15, -0.1) is 0 Å². The number of carbonyl (C=O) groups excluding carboxylic acids is 3. The van der Waals surface area contributed by atoms with Gasteiger partial charge in [-0.1, -0.05) is 18.2 Å². The molecule has 37 heavy (non-hydrogen) atoms. The molecular formula is C26H27N3O8. The van der Waals surface area contributed by atoms with Crippen LogP contribution >= 0.6 is 0 Å². The molecule has 0 fully saturated rings. The van der Waals surface area contributed by atoms with Crippen molar-refractivity contribution in [1.29, 1.82) is 0 Å². The second-order valence-corrected chi connectivity index (χ2v) is 8.13. The van der Waals surface area contributed by atoms with Crippen LogP contribution in [0.2, 0.25) is 0 Å². The number of esters is 2. The lowest BCUT2D eigenvalue weighted by Gasteiger charge is -2.30. The van der Waals surface area contributed by atoms with Gasteiger partial charge in [0.15, 0.2) is 0 Å². The Labute approximate surface area is 213 Å². The van der Waals surface area contributed by atoms with Crippen LogP contribution in [0.4, 0.5) is 11.4 Å². The van der Waals surface area contributed by atoms with E-state index < -0.39 is 22.8 Å². The average Bonchev–Trinajstić information content (AvgIpc) is 2.86. The molecule has 3 rings (SSSR count). The minimum Gasteiger partial charge on any atom is -0.490 e. The first-order valence-electron chi connectivity index (χ1n) is 11.3. The summed E-state index contributed by atoms with van der Waals surface area (Å²) in [5.41, 5.74) is 1.47. The van der Waals surface area contributed by atoms with Crippen molar-refractivity contribution < 1.29 is 33.5 Å². The minimum atomic E-state index is -1.08. The number of hydrogen-bond donors (Lipinski definition) is 2. The number of dihydropyridines is 1. The highest BCUT2D eigenvalue weighted by Crippen LogP contribution is 2.42. The van der Waals surface area contributed by atoms with Crippen LogP contribution in [-0.4, -0.2) is 43.1 Å². The summed E-state index contributed by atoms with van der Waals surface area (Å²) < 4.78 is 16.0. The van der Waals surface area contributed by atoms with Gasteiger partial charge in [-0.3, -0.25) is 14.9 Å². The topological polar surface area (TPSA) is 146 Å². The Morgan fingerprint density at radius 1 is 0.973 bits per heavy atom. The van der Waals surface area contributed by atoms with Gasteiger partial charge in [-0.05, 0) is 38.1 Å². The summed E-state index contributed by atoms with van der Waals surface area (Å²) in [4.78, 5) is 48.3. The zero-order valence-corrected chi connectivity index (χ0v) is 20.8. The molecule has 0 spiro atoms. The van der Waals surface area contributed by atoms with Gasteiger partial charge >= 0.3 is 11.9 Å². The van der Waals surface area contributed by atoms with E-state index in [9.17, 15) is 24.5 Å². The van der Waals surface area contributed by atoms with Gasteiger partial charge in [-0.2, -0.15) is 0 Å². The summed E-state index contributed by atoms with van der Waals surface area (Å²) in [6.45, 7) is 4.57. The van der Waals surface area contributed by atoms with Crippen LogP contribution in [0.15, 0.2) is 71.1 Å². The van der Waals surface area contributed by atoms with Crippen LogP contribution in [0.3, 0.4) is 0 Å². The van der Waals surface area contributed by atoms with E-state index in [4.69, 9.17) is 14.2 Å². The first-order chi connectivity index (χ1) is 17.6. The molecule has 1 aliphatic rings. The van der Waals surface area contributed by atoms with Crippen molar-refractivity contribution in [3.05, 3.63) is 86.7 Å². The van der Waals surface area contributed by atoms with Crippen molar-refractivity contribution in [3.8, 4) is 5.75 Å². The third kappa shape index (κ3) is 6.31. The number of rotatable bonds is 9. The normalized spacial score (nSPS) is 15.0. The van der Waals surface area contributed by atoms with Crippen LogP contribution in [0, 0.1) is 10.1 Å². The number of nitro benzene ring substituents is 1. The molecule has 0 aliphatic carbocycles. The summed E-state index contributed by atoms with van der Waals surface area (Å²) in [5, 5.41) is 17.4. The number of nitro groups is 1. The van der Waals surface area contributed by atoms with Crippen LogP contribution in [-0.2, 0) is 23.9 Å². The van der Waals surface area contributed by atoms with Crippen LogP contribution in [0.1, 0.15) is 32.3 Å². The fourth-order valence-electron chi connectivity index (χ4n) is 4.06. The summed E-state index contributed by atoms with van der Waals surface area (Å²) in [5.74, 6) is -2.25. The maximum atomic E-state index is 13.2. The molecule has 1 heterocycles. The average molecular weight is 510 g/mol. The Morgan fingerprint density at radius 3 is 2.19 bits per heavy atom. The smallest absolute Gasteiger partial charge is 0.336 e. The number of benzene rings is 2. The van der Waals surface area contributed by atoms with Gasteiger partial charge in [0, 0.05) is 35.6 Å². The number of ether oxygens (including phenoxy) is 3. The van der Waals surface area contributed by atoms with E-state index >= 15 is 0 Å². The summed E-state index contributed by atoms with van der Waals surface area (Å²) in [6.07, 6.45) is 0. The van der Waals surface area contributed by atoms with Crippen molar-refractivity contribution in [2.24, 2.45) is 0 Å².